The molecule has 0 aromatic rings. The number of nitrogens with one attached hydrogen (secondary N) is 1. The molecule has 2 N–H and O–H groups in total. The predicted octanol–water partition coefficient (Wildman–Crippen LogP) is -0.245. The van der Waals surface area contributed by atoms with Crippen molar-refractivity contribution < 1.29 is 19.4 Å². The molecule has 1 rings (SSSR count). The molecular formula is C8H13NO4. The van der Waals surface area contributed by atoms with Gasteiger partial charge in [0.1, 0.15) is 12.1 Å². The molecule has 0 bridgehead atoms. The van der Waals surface area contributed by atoms with Gasteiger partial charge >= 0.3 is 11.9 Å². The third kappa shape index (κ3) is 2.42. The molecule has 1 fully saturated rings. The van der Waals surface area contributed by atoms with E-state index in [-0.39, 0.29) is 5.97 Å². The fraction of sp³-hybridized carbons (Fsp3) is 0.750. The second-order valence-electron chi connectivity index (χ2n) is 3.06. The second kappa shape index (κ2) is 4.23. The van der Waals surface area contributed by atoms with Gasteiger partial charge in [-0.1, -0.05) is 0 Å². The number of rotatable bonds is 2. The SMILES string of the molecule is COC(=O)C1CCCC(C(=O)O)N1. The molecule has 0 saturated carbocycles. The summed E-state index contributed by atoms with van der Waals surface area (Å²) in [6.07, 6.45) is 1.96. The molecular weight excluding hydrogens is 174 g/mol. The number of carbonyl (C=O) groups excluding carboxylic acids is 1. The maximum atomic E-state index is 11.1. The summed E-state index contributed by atoms with van der Waals surface area (Å²) < 4.78 is 4.52. The minimum atomic E-state index is -0.909. The van der Waals surface area contributed by atoms with Crippen molar-refractivity contribution in [3.05, 3.63) is 0 Å². The molecule has 1 heterocycles. The van der Waals surface area contributed by atoms with Crippen molar-refractivity contribution in [1.29, 1.82) is 0 Å². The van der Waals surface area contributed by atoms with Gasteiger partial charge in [-0.25, -0.2) is 0 Å². The van der Waals surface area contributed by atoms with Gasteiger partial charge in [-0.2, -0.15) is 0 Å². The Hall–Kier alpha value is -1.10. The highest BCUT2D eigenvalue weighted by molar-refractivity contribution is 5.79. The molecule has 0 aromatic carbocycles. The van der Waals surface area contributed by atoms with E-state index in [1.54, 1.807) is 0 Å². The van der Waals surface area contributed by atoms with Crippen LogP contribution in [0.25, 0.3) is 0 Å². The van der Waals surface area contributed by atoms with Crippen LogP contribution in [0.1, 0.15) is 19.3 Å². The topological polar surface area (TPSA) is 75.6 Å². The van der Waals surface area contributed by atoms with Gasteiger partial charge in [0.15, 0.2) is 0 Å². The van der Waals surface area contributed by atoms with Crippen LogP contribution in [-0.2, 0) is 14.3 Å². The van der Waals surface area contributed by atoms with E-state index in [4.69, 9.17) is 5.11 Å². The van der Waals surface area contributed by atoms with Crippen LogP contribution in [0.15, 0.2) is 0 Å². The van der Waals surface area contributed by atoms with Crippen LogP contribution < -0.4 is 5.32 Å². The van der Waals surface area contributed by atoms with E-state index in [1.165, 1.54) is 7.11 Å². The van der Waals surface area contributed by atoms with Gasteiger partial charge in [-0.15, -0.1) is 0 Å². The van der Waals surface area contributed by atoms with Gasteiger partial charge in [-0.3, -0.25) is 14.9 Å². The molecule has 13 heavy (non-hydrogen) atoms. The van der Waals surface area contributed by atoms with Crippen molar-refractivity contribution in [2.75, 3.05) is 7.11 Å². The summed E-state index contributed by atoms with van der Waals surface area (Å²) in [4.78, 5) is 21.7. The number of carboxylic acids is 1. The highest BCUT2D eigenvalue weighted by Crippen LogP contribution is 2.13. The van der Waals surface area contributed by atoms with Gasteiger partial charge in [0, 0.05) is 0 Å². The zero-order valence-corrected chi connectivity index (χ0v) is 7.45. The first-order chi connectivity index (χ1) is 6.15. The molecule has 74 valence electrons. The smallest absolute Gasteiger partial charge is 0.322 e. The van der Waals surface area contributed by atoms with E-state index >= 15 is 0 Å². The van der Waals surface area contributed by atoms with Crippen molar-refractivity contribution in [2.45, 2.75) is 31.3 Å². The molecule has 1 aliphatic heterocycles. The lowest BCUT2D eigenvalue weighted by Crippen LogP contribution is -2.50. The number of methoxy groups -OCH3 is 1. The van der Waals surface area contributed by atoms with Crippen molar-refractivity contribution in [2.24, 2.45) is 0 Å². The molecule has 2 atom stereocenters. The number of hydrogen-bond acceptors (Lipinski definition) is 4. The fourth-order valence-electron chi connectivity index (χ4n) is 1.46. The van der Waals surface area contributed by atoms with E-state index in [0.29, 0.717) is 12.8 Å². The first kappa shape index (κ1) is 9.98. The molecule has 5 nitrogen and oxygen atoms in total. The van der Waals surface area contributed by atoms with Gasteiger partial charge in [0.05, 0.1) is 7.11 Å². The van der Waals surface area contributed by atoms with Crippen LogP contribution in [0.4, 0.5) is 0 Å². The summed E-state index contributed by atoms with van der Waals surface area (Å²) in [6, 6.07) is -1.07. The standard InChI is InChI=1S/C8H13NO4/c1-13-8(12)6-4-2-3-5(9-6)7(10)11/h5-6,9H,2-4H2,1H3,(H,10,11). The lowest BCUT2D eigenvalue weighted by molar-refractivity contribution is -0.146. The summed E-state index contributed by atoms with van der Waals surface area (Å²) >= 11 is 0. The number of hydrogen-bond donors (Lipinski definition) is 2. The summed E-state index contributed by atoms with van der Waals surface area (Å²) in [5.41, 5.74) is 0. The quantitative estimate of drug-likeness (QED) is 0.583. The lowest BCUT2D eigenvalue weighted by atomic mass is 9.99. The Labute approximate surface area is 76.1 Å². The molecule has 0 aromatic heterocycles. The van der Waals surface area contributed by atoms with Crippen LogP contribution in [0.5, 0.6) is 0 Å². The first-order valence-corrected chi connectivity index (χ1v) is 4.22. The molecule has 5 heteroatoms. The summed E-state index contributed by atoms with van der Waals surface area (Å²) in [5, 5.41) is 11.4. The van der Waals surface area contributed by atoms with Crippen molar-refractivity contribution in [1.82, 2.24) is 5.32 Å². The Bertz CT molecular complexity index is 216. The summed E-state index contributed by atoms with van der Waals surface area (Å²) in [6.45, 7) is 0. The van der Waals surface area contributed by atoms with E-state index in [9.17, 15) is 9.59 Å². The number of ether oxygens (including phenoxy) is 1. The van der Waals surface area contributed by atoms with E-state index in [1.807, 2.05) is 0 Å². The normalized spacial score (nSPS) is 28.1. The molecule has 0 radical (unpaired) electrons. The van der Waals surface area contributed by atoms with Crippen LogP contribution in [0.2, 0.25) is 0 Å². The molecule has 0 aliphatic carbocycles. The average Bonchev–Trinajstić information content (AvgIpc) is 2.17. The maximum absolute atomic E-state index is 11.1. The van der Waals surface area contributed by atoms with Crippen LogP contribution in [0.3, 0.4) is 0 Å². The number of piperidine rings is 1. The summed E-state index contributed by atoms with van der Waals surface area (Å²) in [7, 11) is 1.30. The Morgan fingerprint density at radius 2 is 2.00 bits per heavy atom. The fourth-order valence-corrected chi connectivity index (χ4v) is 1.46. The molecule has 2 unspecified atom stereocenters. The number of aliphatic carboxylic acids is 1. The number of carboxylic acid groups (broad SMARTS) is 1. The van der Waals surface area contributed by atoms with Crippen molar-refractivity contribution in [3.8, 4) is 0 Å². The molecule has 0 spiro atoms. The first-order valence-electron chi connectivity index (χ1n) is 4.22. The van der Waals surface area contributed by atoms with E-state index < -0.39 is 18.1 Å². The third-order valence-corrected chi connectivity index (χ3v) is 2.17. The predicted molar refractivity (Wildman–Crippen MR) is 44.2 cm³/mol. The number of carbonyl (C=O) groups is 2. The van der Waals surface area contributed by atoms with E-state index in [0.717, 1.165) is 6.42 Å². The van der Waals surface area contributed by atoms with Crippen molar-refractivity contribution in [3.63, 3.8) is 0 Å². The Morgan fingerprint density at radius 1 is 1.38 bits per heavy atom. The van der Waals surface area contributed by atoms with Crippen LogP contribution >= 0.6 is 0 Å². The zero-order valence-electron chi connectivity index (χ0n) is 7.45. The molecule has 1 aliphatic rings. The molecule has 0 amide bonds. The lowest BCUT2D eigenvalue weighted by Gasteiger charge is -2.26. The van der Waals surface area contributed by atoms with Gasteiger partial charge in [0.25, 0.3) is 0 Å². The van der Waals surface area contributed by atoms with Crippen LogP contribution in [-0.4, -0.2) is 36.2 Å². The third-order valence-electron chi connectivity index (χ3n) is 2.17. The highest BCUT2D eigenvalue weighted by Gasteiger charge is 2.30. The van der Waals surface area contributed by atoms with Gasteiger partial charge in [-0.05, 0) is 19.3 Å². The maximum Gasteiger partial charge on any atom is 0.322 e. The number of esters is 1. The largest absolute Gasteiger partial charge is 0.480 e. The average molecular weight is 187 g/mol. The second-order valence-corrected chi connectivity index (χ2v) is 3.06. The monoisotopic (exact) mass is 187 g/mol. The Morgan fingerprint density at radius 3 is 2.54 bits per heavy atom. The minimum Gasteiger partial charge on any atom is -0.480 e. The van der Waals surface area contributed by atoms with Gasteiger partial charge in [0.2, 0.25) is 0 Å². The van der Waals surface area contributed by atoms with Crippen molar-refractivity contribution >= 4 is 11.9 Å². The minimum absolute atomic E-state index is 0.383. The zero-order chi connectivity index (χ0) is 9.84. The molecule has 1 saturated heterocycles. The Balaban J connectivity index is 2.51. The van der Waals surface area contributed by atoms with E-state index in [2.05, 4.69) is 10.1 Å². The van der Waals surface area contributed by atoms with Gasteiger partial charge < -0.3 is 9.84 Å². The highest BCUT2D eigenvalue weighted by atomic mass is 16.5. The Kier molecular flexibility index (Phi) is 3.25. The summed E-state index contributed by atoms with van der Waals surface area (Å²) in [5.74, 6) is -1.29. The van der Waals surface area contributed by atoms with Crippen LogP contribution in [0, 0.1) is 0 Å².